The van der Waals surface area contributed by atoms with Gasteiger partial charge in [-0.05, 0) is 60.6 Å². The first-order chi connectivity index (χ1) is 25.3. The summed E-state index contributed by atoms with van der Waals surface area (Å²) in [5, 5.41) is 4.46. The summed E-state index contributed by atoms with van der Waals surface area (Å²) in [6, 6.07) is 37.6. The second-order valence-corrected chi connectivity index (χ2v) is 11.3. The Bertz CT molecular complexity index is 3100. The van der Waals surface area contributed by atoms with Gasteiger partial charge in [-0.1, -0.05) is 103 Å². The lowest BCUT2D eigenvalue weighted by Gasteiger charge is -2.12. The molecular weight excluding hydrogens is 546 g/mol. The van der Waals surface area contributed by atoms with Gasteiger partial charge >= 0.3 is 0 Å². The minimum absolute atomic E-state index is 0.184. The summed E-state index contributed by atoms with van der Waals surface area (Å²) in [4.78, 5) is 0. The fourth-order valence-electron chi connectivity index (χ4n) is 7.10. The first-order valence-corrected chi connectivity index (χ1v) is 14.9. The van der Waals surface area contributed by atoms with E-state index in [0.717, 1.165) is 49.3 Å². The molecule has 0 saturated heterocycles. The third kappa shape index (κ3) is 3.35. The Morgan fingerprint density at radius 1 is 0.356 bits per heavy atom. The van der Waals surface area contributed by atoms with Gasteiger partial charge in [-0.2, -0.15) is 0 Å². The molecule has 0 unspecified atom stereocenters. The number of benzene rings is 7. The molecule has 3 heteroatoms. The highest BCUT2D eigenvalue weighted by atomic mass is 15.0. The molecule has 0 amide bonds. The second kappa shape index (κ2) is 9.22. The van der Waals surface area contributed by atoms with E-state index in [1.165, 1.54) is 0 Å². The van der Waals surface area contributed by atoms with E-state index in [-0.39, 0.29) is 46.6 Å². The summed E-state index contributed by atoms with van der Waals surface area (Å²) >= 11 is 0. The van der Waals surface area contributed by atoms with Crippen molar-refractivity contribution in [2.45, 2.75) is 0 Å². The first kappa shape index (κ1) is 18.6. The van der Waals surface area contributed by atoms with Crippen molar-refractivity contribution < 1.29 is 9.60 Å². The van der Waals surface area contributed by atoms with Gasteiger partial charge in [-0.3, -0.25) is 0 Å². The zero-order valence-corrected chi connectivity index (χ0v) is 23.9. The lowest BCUT2D eigenvalue weighted by molar-refractivity contribution is 1.15. The number of nitrogens with zero attached hydrogens (tertiary/aromatic N) is 3. The maximum Gasteiger partial charge on any atom is 0.0645 e. The Kier molecular flexibility index (Phi) is 3.80. The lowest BCUT2D eigenvalue weighted by atomic mass is 10.1. The molecule has 0 atom stereocenters. The van der Waals surface area contributed by atoms with Crippen molar-refractivity contribution in [1.82, 2.24) is 13.7 Å². The number of fused-ring (bicyclic) bond motifs is 9. The van der Waals surface area contributed by atoms with Crippen LogP contribution in [-0.2, 0) is 0 Å². The normalized spacial score (nSPS) is 14.2. The van der Waals surface area contributed by atoms with Crippen molar-refractivity contribution in [2.24, 2.45) is 0 Å². The van der Waals surface area contributed by atoms with Gasteiger partial charge in [0, 0.05) is 43.7 Å². The molecule has 7 aromatic carbocycles. The summed E-state index contributed by atoms with van der Waals surface area (Å²) in [6.07, 6.45) is 0. The highest BCUT2D eigenvalue weighted by Gasteiger charge is 2.20. The van der Waals surface area contributed by atoms with Gasteiger partial charge in [0.1, 0.15) is 0 Å². The van der Waals surface area contributed by atoms with Crippen molar-refractivity contribution in [3.05, 3.63) is 164 Å². The van der Waals surface area contributed by atoms with E-state index >= 15 is 0 Å². The van der Waals surface area contributed by atoms with E-state index in [1.54, 1.807) is 4.57 Å². The monoisotopic (exact) mass is 580 g/mol. The van der Waals surface area contributed by atoms with Crippen LogP contribution < -0.4 is 0 Å². The predicted molar refractivity (Wildman–Crippen MR) is 189 cm³/mol. The first-order valence-electron chi connectivity index (χ1n) is 18.4. The topological polar surface area (TPSA) is 14.8 Å². The molecule has 10 aromatic rings. The van der Waals surface area contributed by atoms with E-state index in [4.69, 9.17) is 2.74 Å². The largest absolute Gasteiger partial charge is 0.309 e. The molecule has 210 valence electrons. The highest BCUT2D eigenvalue weighted by Crippen LogP contribution is 2.41. The molecule has 0 radical (unpaired) electrons. The summed E-state index contributed by atoms with van der Waals surface area (Å²) in [7, 11) is 0. The summed E-state index contributed by atoms with van der Waals surface area (Å²) < 4.78 is 69.9. The number of hydrogen-bond donors (Lipinski definition) is 0. The van der Waals surface area contributed by atoms with E-state index in [9.17, 15) is 6.85 Å². The summed E-state index contributed by atoms with van der Waals surface area (Å²) in [6.45, 7) is 0. The Hall–Kier alpha value is -6.06. The summed E-state index contributed by atoms with van der Waals surface area (Å²) in [5.74, 6) is 0. The fraction of sp³-hybridized carbons (Fsp3) is 0. The van der Waals surface area contributed by atoms with Gasteiger partial charge in [-0.25, -0.2) is 0 Å². The van der Waals surface area contributed by atoms with Crippen LogP contribution in [0.2, 0.25) is 0 Å². The Labute approximate surface area is 269 Å². The number of rotatable bonds is 3. The van der Waals surface area contributed by atoms with Gasteiger partial charge in [-0.15, -0.1) is 0 Å². The van der Waals surface area contributed by atoms with Crippen molar-refractivity contribution in [2.75, 3.05) is 0 Å². The van der Waals surface area contributed by atoms with Crippen LogP contribution in [0.4, 0.5) is 0 Å². The zero-order valence-electron chi connectivity index (χ0n) is 30.9. The minimum atomic E-state index is -0.405. The molecule has 0 aliphatic rings. The van der Waals surface area contributed by atoms with E-state index < -0.39 is 12.1 Å². The summed E-state index contributed by atoms with van der Waals surface area (Å²) in [5.41, 5.74) is 5.68. The Balaban J connectivity index is 1.44. The standard InChI is InChI=1S/C42H27N3/c1-2-13-28(14-3-1)43-35-19-8-4-17-32(35)33-26-25-29(27-41(33)43)44-38-22-11-7-18-34(38)42-39(44)23-12-24-40(42)45-36-20-9-5-15-30(36)31-16-6-10-21-37(31)45/h1-27H/i7D,11D,12D,18D,22D,23D,24D. The van der Waals surface area contributed by atoms with Crippen LogP contribution in [-0.4, -0.2) is 13.7 Å². The number of aromatic nitrogens is 3. The van der Waals surface area contributed by atoms with E-state index in [1.807, 2.05) is 114 Å². The van der Waals surface area contributed by atoms with Crippen molar-refractivity contribution in [3.63, 3.8) is 0 Å². The minimum Gasteiger partial charge on any atom is -0.309 e. The molecule has 0 N–H and O–H groups in total. The molecule has 45 heavy (non-hydrogen) atoms. The van der Waals surface area contributed by atoms with Crippen molar-refractivity contribution >= 4 is 65.4 Å². The average molecular weight is 581 g/mol. The van der Waals surface area contributed by atoms with Crippen molar-refractivity contribution in [1.29, 1.82) is 0 Å². The molecule has 3 nitrogen and oxygen atoms in total. The second-order valence-electron chi connectivity index (χ2n) is 11.3. The Morgan fingerprint density at radius 2 is 0.911 bits per heavy atom. The third-order valence-electron chi connectivity index (χ3n) is 8.93. The van der Waals surface area contributed by atoms with Gasteiger partial charge in [0.2, 0.25) is 0 Å². The number of hydrogen-bond acceptors (Lipinski definition) is 0. The van der Waals surface area contributed by atoms with E-state index in [2.05, 4.69) is 16.7 Å². The zero-order chi connectivity index (χ0) is 35.6. The maximum atomic E-state index is 9.42. The van der Waals surface area contributed by atoms with E-state index in [0.29, 0.717) is 16.8 Å². The average Bonchev–Trinajstić information content (AvgIpc) is 3.82. The van der Waals surface area contributed by atoms with Crippen LogP contribution in [0, 0.1) is 0 Å². The van der Waals surface area contributed by atoms with Gasteiger partial charge in [0.25, 0.3) is 0 Å². The third-order valence-corrected chi connectivity index (χ3v) is 8.93. The molecule has 3 heterocycles. The smallest absolute Gasteiger partial charge is 0.0645 e. The molecule has 3 aromatic heterocycles. The maximum absolute atomic E-state index is 9.42. The van der Waals surface area contributed by atoms with Crippen LogP contribution in [0.1, 0.15) is 9.60 Å². The molecular formula is C42H27N3. The van der Waals surface area contributed by atoms with Crippen LogP contribution in [0.5, 0.6) is 0 Å². The highest BCUT2D eigenvalue weighted by molar-refractivity contribution is 6.17. The van der Waals surface area contributed by atoms with Crippen LogP contribution in [0.3, 0.4) is 0 Å². The van der Waals surface area contributed by atoms with Gasteiger partial charge in [0.15, 0.2) is 0 Å². The molecule has 0 aliphatic carbocycles. The van der Waals surface area contributed by atoms with Gasteiger partial charge in [0.05, 0.1) is 48.4 Å². The lowest BCUT2D eigenvalue weighted by Crippen LogP contribution is -1.98. The van der Waals surface area contributed by atoms with Crippen LogP contribution in [0.15, 0.2) is 164 Å². The number of para-hydroxylation sites is 5. The molecule has 0 aliphatic heterocycles. The van der Waals surface area contributed by atoms with Crippen LogP contribution in [0.25, 0.3) is 82.5 Å². The SMILES string of the molecule is [2H]c1c([2H])c([2H])c2c(c1[2H])c1c(-n3c4ccccc4c4ccccc43)c([2H])c([2H])c([2H])c1n2-c1ccc2c3ccccc3n(-c3ccccc3)c2c1. The van der Waals surface area contributed by atoms with Crippen molar-refractivity contribution in [3.8, 4) is 17.1 Å². The molecule has 0 saturated carbocycles. The molecule has 0 spiro atoms. The van der Waals surface area contributed by atoms with Gasteiger partial charge < -0.3 is 13.7 Å². The Morgan fingerprint density at radius 3 is 1.62 bits per heavy atom. The predicted octanol–water partition coefficient (Wildman–Crippen LogP) is 11.0. The van der Waals surface area contributed by atoms with Crippen LogP contribution >= 0.6 is 0 Å². The molecule has 0 fully saturated rings. The molecule has 0 bridgehead atoms. The molecule has 10 rings (SSSR count). The fourth-order valence-corrected chi connectivity index (χ4v) is 7.10. The quantitative estimate of drug-likeness (QED) is 0.197.